The van der Waals surface area contributed by atoms with E-state index in [0.29, 0.717) is 6.54 Å². The van der Waals surface area contributed by atoms with Crippen molar-refractivity contribution in [2.24, 2.45) is 0 Å². The van der Waals surface area contributed by atoms with Gasteiger partial charge in [-0.1, -0.05) is 30.3 Å². The first-order valence-corrected chi connectivity index (χ1v) is 10.9. The van der Waals surface area contributed by atoms with Gasteiger partial charge >= 0.3 is 0 Å². The van der Waals surface area contributed by atoms with Crippen LogP contribution in [-0.4, -0.2) is 48.1 Å². The molecule has 2 N–H and O–H groups in total. The Labute approximate surface area is 177 Å². The second-order valence-corrected chi connectivity index (χ2v) is 8.55. The number of benzene rings is 2. The van der Waals surface area contributed by atoms with Crippen LogP contribution >= 0.6 is 0 Å². The van der Waals surface area contributed by atoms with Crippen molar-refractivity contribution < 1.29 is 9.53 Å². The maximum absolute atomic E-state index is 13.3. The van der Waals surface area contributed by atoms with Gasteiger partial charge in [-0.15, -0.1) is 0 Å². The van der Waals surface area contributed by atoms with Gasteiger partial charge in [-0.25, -0.2) is 0 Å². The number of methoxy groups -OCH3 is 1. The van der Waals surface area contributed by atoms with E-state index in [0.717, 1.165) is 50.0 Å². The van der Waals surface area contributed by atoms with E-state index in [1.54, 1.807) is 7.11 Å². The third kappa shape index (κ3) is 3.18. The van der Waals surface area contributed by atoms with Crippen LogP contribution in [-0.2, 0) is 4.79 Å². The second-order valence-electron chi connectivity index (χ2n) is 8.55. The van der Waals surface area contributed by atoms with Gasteiger partial charge in [-0.2, -0.15) is 0 Å². The molecule has 2 aliphatic heterocycles. The fourth-order valence-electron chi connectivity index (χ4n) is 5.46. The van der Waals surface area contributed by atoms with Crippen LogP contribution in [0.4, 0.5) is 0 Å². The number of para-hydroxylation sites is 1. The molecule has 2 aliphatic rings. The Hall–Kier alpha value is -2.79. The zero-order valence-corrected chi connectivity index (χ0v) is 17.5. The average molecular weight is 404 g/mol. The molecule has 0 saturated carbocycles. The monoisotopic (exact) mass is 403 g/mol. The first kappa shape index (κ1) is 19.2. The number of carbonyl (C=O) groups is 1. The Bertz CT molecular complexity index is 1030. The predicted molar refractivity (Wildman–Crippen MR) is 119 cm³/mol. The highest BCUT2D eigenvalue weighted by Crippen LogP contribution is 2.39. The molecule has 30 heavy (non-hydrogen) atoms. The van der Waals surface area contributed by atoms with Crippen LogP contribution < -0.4 is 10.1 Å². The van der Waals surface area contributed by atoms with Gasteiger partial charge in [-0.05, 0) is 68.1 Å². The smallest absolute Gasteiger partial charge is 0.240 e. The van der Waals surface area contributed by atoms with Gasteiger partial charge in [0.2, 0.25) is 5.91 Å². The van der Waals surface area contributed by atoms with Crippen LogP contribution in [0.25, 0.3) is 10.9 Å². The van der Waals surface area contributed by atoms with Gasteiger partial charge in [0.15, 0.2) is 0 Å². The lowest BCUT2D eigenvalue weighted by molar-refractivity contribution is -0.130. The van der Waals surface area contributed by atoms with Crippen molar-refractivity contribution in [2.45, 2.75) is 37.1 Å². The molecular formula is C25H29N3O2. The molecule has 3 aromatic rings. The molecule has 0 spiro atoms. The molecule has 1 aromatic heterocycles. The third-order valence-corrected chi connectivity index (χ3v) is 7.05. The molecule has 1 atom stereocenters. The number of nitrogens with one attached hydrogen (secondary N) is 2. The molecule has 156 valence electrons. The number of nitrogens with zero attached hydrogens (tertiary/aromatic N) is 1. The first-order chi connectivity index (χ1) is 14.7. The molecule has 1 amide bonds. The van der Waals surface area contributed by atoms with Crippen LogP contribution in [0.15, 0.2) is 54.7 Å². The molecule has 1 unspecified atom stereocenters. The minimum absolute atomic E-state index is 0.0728. The average Bonchev–Trinajstić information content (AvgIpc) is 3.49. The lowest BCUT2D eigenvalue weighted by atomic mass is 9.89. The first-order valence-electron chi connectivity index (χ1n) is 10.9. The molecule has 5 heteroatoms. The summed E-state index contributed by atoms with van der Waals surface area (Å²) in [6.07, 6.45) is 6.30. The third-order valence-electron chi connectivity index (χ3n) is 7.05. The molecule has 0 radical (unpaired) electrons. The predicted octanol–water partition coefficient (Wildman–Crippen LogP) is 4.05. The number of aromatic nitrogens is 1. The van der Waals surface area contributed by atoms with E-state index in [1.165, 1.54) is 16.5 Å². The standard InChI is InChI=1S/C25H29N3O2/c1-30-19-10-8-18(9-11-19)21(22-17-26-23-7-3-2-6-20(22)23)16-27-24(29)25-12-4-14-28(25)15-5-13-25/h2-3,6-11,17,21,26H,4-5,12-16H2,1H3,(H,27,29). The Morgan fingerprint density at radius 3 is 2.60 bits per heavy atom. The highest BCUT2D eigenvalue weighted by Gasteiger charge is 2.49. The Balaban J connectivity index is 1.44. The van der Waals surface area contributed by atoms with Crippen molar-refractivity contribution in [3.05, 3.63) is 65.9 Å². The SMILES string of the molecule is COc1ccc(C(CNC(=O)C23CCCN2CCC3)c2c[nH]c3ccccc23)cc1. The summed E-state index contributed by atoms with van der Waals surface area (Å²) in [7, 11) is 1.68. The van der Waals surface area contributed by atoms with Crippen molar-refractivity contribution in [3.8, 4) is 5.75 Å². The molecule has 0 aliphatic carbocycles. The van der Waals surface area contributed by atoms with Gasteiger partial charge in [-0.3, -0.25) is 9.69 Å². The quantitative estimate of drug-likeness (QED) is 0.653. The number of rotatable bonds is 6. The number of H-pyrrole nitrogens is 1. The summed E-state index contributed by atoms with van der Waals surface area (Å²) in [4.78, 5) is 19.1. The second kappa shape index (κ2) is 7.80. The fraction of sp³-hybridized carbons (Fsp3) is 0.400. The minimum Gasteiger partial charge on any atom is -0.497 e. The largest absolute Gasteiger partial charge is 0.497 e. The summed E-state index contributed by atoms with van der Waals surface area (Å²) < 4.78 is 5.34. The number of amides is 1. The normalized spacial score (nSPS) is 19.0. The van der Waals surface area contributed by atoms with E-state index >= 15 is 0 Å². The summed E-state index contributed by atoms with van der Waals surface area (Å²) in [5.74, 6) is 1.12. The summed E-state index contributed by atoms with van der Waals surface area (Å²) >= 11 is 0. The molecule has 2 fully saturated rings. The highest BCUT2D eigenvalue weighted by molar-refractivity contribution is 5.88. The van der Waals surface area contributed by atoms with Crippen LogP contribution in [0.3, 0.4) is 0 Å². The van der Waals surface area contributed by atoms with E-state index < -0.39 is 0 Å². The summed E-state index contributed by atoms with van der Waals surface area (Å²) in [6.45, 7) is 2.69. The number of hydrogen-bond donors (Lipinski definition) is 2. The maximum atomic E-state index is 13.3. The van der Waals surface area contributed by atoms with Crippen LogP contribution in [0, 0.1) is 0 Å². The van der Waals surface area contributed by atoms with Gasteiger partial charge in [0.25, 0.3) is 0 Å². The van der Waals surface area contributed by atoms with E-state index in [4.69, 9.17) is 4.74 Å². The number of ether oxygens (including phenoxy) is 1. The number of hydrogen-bond acceptors (Lipinski definition) is 3. The van der Waals surface area contributed by atoms with E-state index in [1.807, 2.05) is 18.2 Å². The molecule has 2 saturated heterocycles. The van der Waals surface area contributed by atoms with Gasteiger partial charge in [0.05, 0.1) is 7.11 Å². The van der Waals surface area contributed by atoms with E-state index in [-0.39, 0.29) is 17.4 Å². The maximum Gasteiger partial charge on any atom is 0.240 e. The van der Waals surface area contributed by atoms with Crippen molar-refractivity contribution in [3.63, 3.8) is 0 Å². The Kier molecular flexibility index (Phi) is 4.99. The molecule has 2 aromatic carbocycles. The number of fused-ring (bicyclic) bond motifs is 2. The van der Waals surface area contributed by atoms with E-state index in [2.05, 4.69) is 51.7 Å². The lowest BCUT2D eigenvalue weighted by Gasteiger charge is -2.31. The molecule has 3 heterocycles. The lowest BCUT2D eigenvalue weighted by Crippen LogP contribution is -2.52. The zero-order valence-electron chi connectivity index (χ0n) is 17.5. The Morgan fingerprint density at radius 1 is 1.13 bits per heavy atom. The number of aromatic amines is 1. The van der Waals surface area contributed by atoms with Crippen molar-refractivity contribution >= 4 is 16.8 Å². The highest BCUT2D eigenvalue weighted by atomic mass is 16.5. The molecule has 5 nitrogen and oxygen atoms in total. The molecular weight excluding hydrogens is 374 g/mol. The van der Waals surface area contributed by atoms with Gasteiger partial charge in [0.1, 0.15) is 11.3 Å². The van der Waals surface area contributed by atoms with Crippen LogP contribution in [0.2, 0.25) is 0 Å². The minimum atomic E-state index is -0.273. The summed E-state index contributed by atoms with van der Waals surface area (Å²) in [5.41, 5.74) is 3.23. The van der Waals surface area contributed by atoms with Gasteiger partial charge in [0, 0.05) is 29.6 Å². The van der Waals surface area contributed by atoms with Crippen LogP contribution in [0.1, 0.15) is 42.7 Å². The van der Waals surface area contributed by atoms with Gasteiger partial charge < -0.3 is 15.0 Å². The van der Waals surface area contributed by atoms with Crippen molar-refractivity contribution in [1.29, 1.82) is 0 Å². The molecule has 0 bridgehead atoms. The van der Waals surface area contributed by atoms with Crippen molar-refractivity contribution in [1.82, 2.24) is 15.2 Å². The fourth-order valence-corrected chi connectivity index (χ4v) is 5.46. The molecule has 5 rings (SSSR count). The summed E-state index contributed by atoms with van der Waals surface area (Å²) in [6, 6.07) is 16.5. The summed E-state index contributed by atoms with van der Waals surface area (Å²) in [5, 5.41) is 4.54. The Morgan fingerprint density at radius 2 is 1.87 bits per heavy atom. The van der Waals surface area contributed by atoms with Crippen molar-refractivity contribution in [2.75, 3.05) is 26.7 Å². The van der Waals surface area contributed by atoms with E-state index in [9.17, 15) is 4.79 Å². The van der Waals surface area contributed by atoms with Crippen LogP contribution in [0.5, 0.6) is 5.75 Å². The zero-order chi connectivity index (χ0) is 20.6. The topological polar surface area (TPSA) is 57.4 Å². The number of carbonyl (C=O) groups excluding carboxylic acids is 1.